The standard InChI is InChI=1S/C26H23N3O4S/c1-2-33-16-15-28-21-12-9-17-5-3-4-6-20(17)24(21)34-26(28)27-25(32)18-7-10-19(11-8-18)29-22(30)13-14-23(29)31/h3-12H,2,13-16H2,1H3. The van der Waals surface area contributed by atoms with Crippen LogP contribution >= 0.6 is 11.3 Å². The molecule has 8 heteroatoms. The van der Waals surface area contributed by atoms with E-state index in [-0.39, 0.29) is 30.6 Å². The van der Waals surface area contributed by atoms with Crippen LogP contribution in [-0.2, 0) is 20.9 Å². The van der Waals surface area contributed by atoms with Crippen LogP contribution in [0.1, 0.15) is 30.1 Å². The summed E-state index contributed by atoms with van der Waals surface area (Å²) in [5, 5.41) is 2.25. The SMILES string of the molecule is CCOCCn1c(=NC(=O)c2ccc(N3C(=O)CCC3=O)cc2)sc2c3ccccc3ccc21. The van der Waals surface area contributed by atoms with Crippen LogP contribution < -0.4 is 9.70 Å². The van der Waals surface area contributed by atoms with Gasteiger partial charge in [-0.3, -0.25) is 19.3 Å². The molecule has 5 rings (SSSR count). The highest BCUT2D eigenvalue weighted by Crippen LogP contribution is 2.28. The zero-order chi connectivity index (χ0) is 23.7. The van der Waals surface area contributed by atoms with Crippen molar-refractivity contribution in [3.63, 3.8) is 0 Å². The smallest absolute Gasteiger partial charge is 0.279 e. The summed E-state index contributed by atoms with van der Waals surface area (Å²) in [7, 11) is 0. The van der Waals surface area contributed by atoms with Crippen molar-refractivity contribution in [2.75, 3.05) is 18.1 Å². The van der Waals surface area contributed by atoms with E-state index in [2.05, 4.69) is 29.3 Å². The van der Waals surface area contributed by atoms with Crippen molar-refractivity contribution in [2.45, 2.75) is 26.3 Å². The number of carbonyl (C=O) groups is 3. The first-order valence-corrected chi connectivity index (χ1v) is 12.0. The third-order valence-corrected chi connectivity index (χ3v) is 6.99. The first-order valence-electron chi connectivity index (χ1n) is 11.2. The average molecular weight is 474 g/mol. The largest absolute Gasteiger partial charge is 0.380 e. The summed E-state index contributed by atoms with van der Waals surface area (Å²) in [6.45, 7) is 3.66. The van der Waals surface area contributed by atoms with E-state index in [1.165, 1.54) is 16.2 Å². The highest BCUT2D eigenvalue weighted by atomic mass is 32.1. The molecular formula is C26H23N3O4S. The normalized spacial score (nSPS) is 14.6. The number of hydrogen-bond acceptors (Lipinski definition) is 5. The highest BCUT2D eigenvalue weighted by Gasteiger charge is 2.30. The first-order chi connectivity index (χ1) is 16.6. The van der Waals surface area contributed by atoms with Gasteiger partial charge in [0.05, 0.1) is 22.5 Å². The molecule has 0 N–H and O–H groups in total. The van der Waals surface area contributed by atoms with Gasteiger partial charge in [0.2, 0.25) is 11.8 Å². The molecule has 1 aliphatic heterocycles. The van der Waals surface area contributed by atoms with Crippen LogP contribution in [0.2, 0.25) is 0 Å². The third kappa shape index (κ3) is 4.06. The molecule has 0 atom stereocenters. The quantitative estimate of drug-likeness (QED) is 0.309. The van der Waals surface area contributed by atoms with Gasteiger partial charge in [0.15, 0.2) is 4.80 Å². The zero-order valence-corrected chi connectivity index (χ0v) is 19.5. The number of anilines is 1. The van der Waals surface area contributed by atoms with E-state index >= 15 is 0 Å². The maximum Gasteiger partial charge on any atom is 0.279 e. The summed E-state index contributed by atoms with van der Waals surface area (Å²) in [4.78, 5) is 43.2. The van der Waals surface area contributed by atoms with Crippen molar-refractivity contribution in [2.24, 2.45) is 4.99 Å². The van der Waals surface area contributed by atoms with Gasteiger partial charge in [-0.05, 0) is 42.6 Å². The van der Waals surface area contributed by atoms with E-state index in [1.54, 1.807) is 24.3 Å². The molecule has 3 amide bonds. The second-order valence-electron chi connectivity index (χ2n) is 7.95. The maximum absolute atomic E-state index is 13.0. The molecular weight excluding hydrogens is 450 g/mol. The Kier molecular flexibility index (Phi) is 6.08. The number of nitrogens with zero attached hydrogens (tertiary/aromatic N) is 3. The van der Waals surface area contributed by atoms with Gasteiger partial charge in [-0.1, -0.05) is 41.7 Å². The molecule has 1 aliphatic rings. The molecule has 0 radical (unpaired) electrons. The Labute approximate surface area is 199 Å². The molecule has 7 nitrogen and oxygen atoms in total. The number of ether oxygens (including phenoxy) is 1. The fourth-order valence-corrected chi connectivity index (χ4v) is 5.36. The van der Waals surface area contributed by atoms with Gasteiger partial charge in [-0.25, -0.2) is 0 Å². The number of hydrogen-bond donors (Lipinski definition) is 0. The summed E-state index contributed by atoms with van der Waals surface area (Å²) in [5.74, 6) is -0.824. The van der Waals surface area contributed by atoms with Crippen LogP contribution in [-0.4, -0.2) is 35.5 Å². The number of amides is 3. The first kappa shape index (κ1) is 22.2. The highest BCUT2D eigenvalue weighted by molar-refractivity contribution is 7.17. The van der Waals surface area contributed by atoms with Crippen molar-refractivity contribution in [1.82, 2.24) is 4.57 Å². The molecule has 0 spiro atoms. The van der Waals surface area contributed by atoms with Crippen molar-refractivity contribution >= 4 is 55.7 Å². The van der Waals surface area contributed by atoms with Gasteiger partial charge >= 0.3 is 0 Å². The topological polar surface area (TPSA) is 81.0 Å². The Morgan fingerprint density at radius 3 is 2.47 bits per heavy atom. The summed E-state index contributed by atoms with van der Waals surface area (Å²) < 4.78 is 8.66. The van der Waals surface area contributed by atoms with Crippen molar-refractivity contribution in [3.05, 3.63) is 71.0 Å². The summed E-state index contributed by atoms with van der Waals surface area (Å²) in [6, 6.07) is 18.7. The number of benzene rings is 3. The van der Waals surface area contributed by atoms with Crippen molar-refractivity contribution < 1.29 is 19.1 Å². The van der Waals surface area contributed by atoms with E-state index in [1.807, 2.05) is 23.6 Å². The minimum absolute atomic E-state index is 0.219. The van der Waals surface area contributed by atoms with E-state index in [4.69, 9.17) is 4.74 Å². The lowest BCUT2D eigenvalue weighted by Crippen LogP contribution is -2.28. The van der Waals surface area contributed by atoms with Crippen LogP contribution in [0.15, 0.2) is 65.7 Å². The van der Waals surface area contributed by atoms with E-state index in [0.29, 0.717) is 35.8 Å². The molecule has 0 saturated carbocycles. The van der Waals surface area contributed by atoms with E-state index < -0.39 is 0 Å². The van der Waals surface area contributed by atoms with Crippen molar-refractivity contribution in [1.29, 1.82) is 0 Å². The molecule has 172 valence electrons. The summed E-state index contributed by atoms with van der Waals surface area (Å²) >= 11 is 1.48. The molecule has 1 aromatic heterocycles. The Morgan fingerprint density at radius 1 is 1.00 bits per heavy atom. The summed E-state index contributed by atoms with van der Waals surface area (Å²) in [5.41, 5.74) is 1.88. The fourth-order valence-electron chi connectivity index (χ4n) is 4.17. The lowest BCUT2D eigenvalue weighted by Gasteiger charge is -2.13. The number of rotatable bonds is 6. The molecule has 1 saturated heterocycles. The van der Waals surface area contributed by atoms with Gasteiger partial charge in [0, 0.05) is 36.9 Å². The second kappa shape index (κ2) is 9.32. The predicted octanol–water partition coefficient (Wildman–Crippen LogP) is 4.29. The Hall–Kier alpha value is -3.62. The third-order valence-electron chi connectivity index (χ3n) is 5.86. The fraction of sp³-hybridized carbons (Fsp3) is 0.231. The number of thiazole rings is 1. The van der Waals surface area contributed by atoms with E-state index in [9.17, 15) is 14.4 Å². The second-order valence-corrected chi connectivity index (χ2v) is 8.93. The average Bonchev–Trinajstić information content (AvgIpc) is 3.38. The van der Waals surface area contributed by atoms with Crippen LogP contribution in [0.3, 0.4) is 0 Å². The van der Waals surface area contributed by atoms with Crippen LogP contribution in [0.4, 0.5) is 5.69 Å². The minimum atomic E-state index is -0.383. The molecule has 1 fully saturated rings. The Morgan fingerprint density at radius 2 is 1.74 bits per heavy atom. The van der Waals surface area contributed by atoms with Crippen molar-refractivity contribution in [3.8, 4) is 0 Å². The van der Waals surface area contributed by atoms with Gasteiger partial charge in [0.1, 0.15) is 0 Å². The molecule has 0 aliphatic carbocycles. The number of imide groups is 1. The Balaban J connectivity index is 1.54. The molecule has 4 aromatic rings. The molecule has 34 heavy (non-hydrogen) atoms. The summed E-state index contributed by atoms with van der Waals surface area (Å²) in [6.07, 6.45) is 0.439. The lowest BCUT2D eigenvalue weighted by molar-refractivity contribution is -0.121. The maximum atomic E-state index is 13.0. The number of carbonyl (C=O) groups excluding carboxylic acids is 3. The van der Waals surface area contributed by atoms with Gasteiger partial charge < -0.3 is 9.30 Å². The monoisotopic (exact) mass is 473 g/mol. The van der Waals surface area contributed by atoms with Crippen LogP contribution in [0, 0.1) is 0 Å². The van der Waals surface area contributed by atoms with Gasteiger partial charge in [-0.15, -0.1) is 0 Å². The van der Waals surface area contributed by atoms with E-state index in [0.717, 1.165) is 21.0 Å². The van der Waals surface area contributed by atoms with Crippen LogP contribution in [0.25, 0.3) is 21.0 Å². The molecule has 0 bridgehead atoms. The predicted molar refractivity (Wildman–Crippen MR) is 132 cm³/mol. The molecule has 2 heterocycles. The molecule has 0 unspecified atom stereocenters. The minimum Gasteiger partial charge on any atom is -0.380 e. The lowest BCUT2D eigenvalue weighted by atomic mass is 10.1. The Bertz CT molecular complexity index is 1470. The van der Waals surface area contributed by atoms with Gasteiger partial charge in [-0.2, -0.15) is 4.99 Å². The molecule has 3 aromatic carbocycles. The van der Waals surface area contributed by atoms with Gasteiger partial charge in [0.25, 0.3) is 5.91 Å². The number of aromatic nitrogens is 1. The van der Waals surface area contributed by atoms with Crippen LogP contribution in [0.5, 0.6) is 0 Å². The number of fused-ring (bicyclic) bond motifs is 3. The zero-order valence-electron chi connectivity index (χ0n) is 18.7.